The van der Waals surface area contributed by atoms with Gasteiger partial charge in [-0.05, 0) is 70.4 Å². The third-order valence-corrected chi connectivity index (χ3v) is 6.02. The molecule has 3 rings (SSSR count). The topological polar surface area (TPSA) is 42.2 Å². The second-order valence-electron chi connectivity index (χ2n) is 6.44. The van der Waals surface area contributed by atoms with Crippen LogP contribution in [0.5, 0.6) is 11.5 Å². The smallest absolute Gasteiger partial charge is 0.175 e. The van der Waals surface area contributed by atoms with Crippen LogP contribution in [-0.4, -0.2) is 6.61 Å². The van der Waals surface area contributed by atoms with Crippen molar-refractivity contribution < 1.29 is 9.47 Å². The maximum atomic E-state index is 9.66. The lowest BCUT2D eigenvalue weighted by Crippen LogP contribution is -2.01. The van der Waals surface area contributed by atoms with E-state index in [4.69, 9.17) is 44.3 Å². The molecule has 0 bridgehead atoms. The van der Waals surface area contributed by atoms with Crippen LogP contribution in [0.3, 0.4) is 0 Å². The molecule has 0 aliphatic carbocycles. The molecule has 0 spiro atoms. The van der Waals surface area contributed by atoms with Gasteiger partial charge in [-0.15, -0.1) is 0 Å². The lowest BCUT2D eigenvalue weighted by Gasteiger charge is -2.15. The van der Waals surface area contributed by atoms with E-state index in [1.807, 2.05) is 43.3 Å². The van der Waals surface area contributed by atoms with Crippen LogP contribution in [0, 0.1) is 11.3 Å². The molecule has 0 aliphatic heterocycles. The van der Waals surface area contributed by atoms with Gasteiger partial charge >= 0.3 is 0 Å². The largest absolute Gasteiger partial charge is 0.490 e. The van der Waals surface area contributed by atoms with E-state index in [1.165, 1.54) is 0 Å². The highest BCUT2D eigenvalue weighted by Gasteiger charge is 2.14. The normalized spacial score (nSPS) is 11.2. The molecule has 0 saturated carbocycles. The van der Waals surface area contributed by atoms with Crippen LogP contribution >= 0.6 is 50.7 Å². The van der Waals surface area contributed by atoms with Crippen LogP contribution in [0.15, 0.2) is 59.1 Å². The average molecular weight is 538 g/mol. The summed E-state index contributed by atoms with van der Waals surface area (Å²) in [6.07, 6.45) is 1.75. The van der Waals surface area contributed by atoms with Gasteiger partial charge in [0.15, 0.2) is 11.5 Å². The molecule has 0 atom stereocenters. The fourth-order valence-corrected chi connectivity index (χ4v) is 3.91. The summed E-state index contributed by atoms with van der Waals surface area (Å²) in [6, 6.07) is 18.5. The lowest BCUT2D eigenvalue weighted by atomic mass is 10.0. The number of hydrogen-bond acceptors (Lipinski definition) is 3. The number of hydrogen-bond donors (Lipinski definition) is 0. The number of nitrogens with zero attached hydrogens (tertiary/aromatic N) is 1. The van der Waals surface area contributed by atoms with Crippen molar-refractivity contribution in [2.24, 2.45) is 0 Å². The van der Waals surface area contributed by atoms with Crippen LogP contribution in [0.2, 0.25) is 15.1 Å². The Balaban J connectivity index is 1.95. The van der Waals surface area contributed by atoms with Crippen LogP contribution < -0.4 is 9.47 Å². The number of ether oxygens (including phenoxy) is 2. The predicted octanol–water partition coefficient (Wildman–Crippen LogP) is 8.45. The summed E-state index contributed by atoms with van der Waals surface area (Å²) in [4.78, 5) is 0. The Morgan fingerprint density at radius 2 is 1.77 bits per heavy atom. The van der Waals surface area contributed by atoms with Gasteiger partial charge in [-0.1, -0.05) is 59.1 Å². The number of halogens is 4. The Morgan fingerprint density at radius 1 is 1.00 bits per heavy atom. The summed E-state index contributed by atoms with van der Waals surface area (Å²) in [5, 5.41) is 11.1. The Labute approximate surface area is 204 Å². The molecule has 31 heavy (non-hydrogen) atoms. The van der Waals surface area contributed by atoms with Gasteiger partial charge in [0.05, 0.1) is 32.8 Å². The molecule has 0 amide bonds. The highest BCUT2D eigenvalue weighted by atomic mass is 79.9. The molecular formula is C24H17BrCl3NO2. The second-order valence-corrected chi connectivity index (χ2v) is 8.52. The molecule has 0 saturated heterocycles. The molecule has 0 radical (unpaired) electrons. The minimum Gasteiger partial charge on any atom is -0.490 e. The first kappa shape index (κ1) is 23.5. The molecule has 0 heterocycles. The highest BCUT2D eigenvalue weighted by molar-refractivity contribution is 9.10. The summed E-state index contributed by atoms with van der Waals surface area (Å²) in [6.45, 7) is 2.64. The van der Waals surface area contributed by atoms with E-state index in [9.17, 15) is 5.26 Å². The summed E-state index contributed by atoms with van der Waals surface area (Å²) in [7, 11) is 0. The summed E-state index contributed by atoms with van der Waals surface area (Å²) >= 11 is 21.9. The van der Waals surface area contributed by atoms with Crippen LogP contribution in [0.1, 0.15) is 23.6 Å². The van der Waals surface area contributed by atoms with E-state index in [-0.39, 0.29) is 0 Å². The molecule has 0 aromatic heterocycles. The van der Waals surface area contributed by atoms with Gasteiger partial charge in [0.25, 0.3) is 0 Å². The third-order valence-electron chi connectivity index (χ3n) is 4.32. The van der Waals surface area contributed by atoms with Crippen molar-refractivity contribution in [2.45, 2.75) is 13.5 Å². The van der Waals surface area contributed by atoms with Crippen molar-refractivity contribution in [1.29, 1.82) is 5.26 Å². The van der Waals surface area contributed by atoms with Gasteiger partial charge in [0.1, 0.15) is 6.61 Å². The van der Waals surface area contributed by atoms with Crippen molar-refractivity contribution in [3.8, 4) is 17.6 Å². The zero-order chi connectivity index (χ0) is 22.4. The zero-order valence-electron chi connectivity index (χ0n) is 16.5. The van der Waals surface area contributed by atoms with Crippen molar-refractivity contribution in [2.75, 3.05) is 6.61 Å². The molecule has 158 valence electrons. The first-order chi connectivity index (χ1) is 14.9. The Hall–Kier alpha value is -2.16. The van der Waals surface area contributed by atoms with Crippen molar-refractivity contribution in [3.63, 3.8) is 0 Å². The first-order valence-electron chi connectivity index (χ1n) is 9.32. The Kier molecular flexibility index (Phi) is 8.28. The van der Waals surface area contributed by atoms with Crippen molar-refractivity contribution in [1.82, 2.24) is 0 Å². The van der Waals surface area contributed by atoms with E-state index in [1.54, 1.807) is 24.3 Å². The van der Waals surface area contributed by atoms with Gasteiger partial charge < -0.3 is 9.47 Å². The average Bonchev–Trinajstić information content (AvgIpc) is 2.75. The molecule has 7 heteroatoms. The molecule has 3 aromatic carbocycles. The Bertz CT molecular complexity index is 1170. The van der Waals surface area contributed by atoms with Gasteiger partial charge in [0.2, 0.25) is 0 Å². The molecule has 0 aliphatic rings. The van der Waals surface area contributed by atoms with E-state index < -0.39 is 0 Å². The number of nitriles is 1. The summed E-state index contributed by atoms with van der Waals surface area (Å²) in [5.41, 5.74) is 2.75. The van der Waals surface area contributed by atoms with Gasteiger partial charge in [-0.2, -0.15) is 5.26 Å². The van der Waals surface area contributed by atoms with Crippen molar-refractivity contribution in [3.05, 3.63) is 90.8 Å². The van der Waals surface area contributed by atoms with Crippen LogP contribution in [-0.2, 0) is 6.61 Å². The van der Waals surface area contributed by atoms with Crippen molar-refractivity contribution >= 4 is 62.4 Å². The second kappa shape index (κ2) is 10.9. The monoisotopic (exact) mass is 535 g/mol. The number of rotatable bonds is 7. The van der Waals surface area contributed by atoms with E-state index in [0.29, 0.717) is 55.4 Å². The highest BCUT2D eigenvalue weighted by Crippen LogP contribution is 2.39. The molecule has 3 nitrogen and oxygen atoms in total. The van der Waals surface area contributed by atoms with E-state index >= 15 is 0 Å². The van der Waals surface area contributed by atoms with Gasteiger partial charge in [-0.25, -0.2) is 0 Å². The number of allylic oxidation sites excluding steroid dienone is 1. The fraction of sp³-hybridized carbons (Fsp3) is 0.125. The molecular weight excluding hydrogens is 521 g/mol. The quantitative estimate of drug-likeness (QED) is 0.224. The minimum atomic E-state index is 0.292. The zero-order valence-corrected chi connectivity index (χ0v) is 20.3. The van der Waals surface area contributed by atoms with Crippen LogP contribution in [0.25, 0.3) is 11.6 Å². The molecule has 0 N–H and O–H groups in total. The van der Waals surface area contributed by atoms with E-state index in [0.717, 1.165) is 11.1 Å². The fourth-order valence-electron chi connectivity index (χ4n) is 2.85. The maximum absolute atomic E-state index is 9.66. The molecule has 0 unspecified atom stereocenters. The SMILES string of the molecule is CCOc1cc(/C=C(/C#N)c2ccc(Cl)c(Cl)c2)cc(Br)c1OCc1ccccc1Cl. The minimum absolute atomic E-state index is 0.292. The van der Waals surface area contributed by atoms with Gasteiger partial charge in [-0.3, -0.25) is 0 Å². The summed E-state index contributed by atoms with van der Waals surface area (Å²) < 4.78 is 12.5. The van der Waals surface area contributed by atoms with E-state index in [2.05, 4.69) is 22.0 Å². The molecule has 3 aromatic rings. The standard InChI is InChI=1S/C24H17BrCl3NO2/c1-2-30-23-11-15(9-18(13-29)16-7-8-21(27)22(28)12-16)10-19(25)24(23)31-14-17-5-3-4-6-20(17)26/h3-12H,2,14H2,1H3/b18-9-. The lowest BCUT2D eigenvalue weighted by molar-refractivity contribution is 0.267. The Morgan fingerprint density at radius 3 is 2.45 bits per heavy atom. The third kappa shape index (κ3) is 5.96. The van der Waals surface area contributed by atoms with Gasteiger partial charge in [0, 0.05) is 10.6 Å². The maximum Gasteiger partial charge on any atom is 0.175 e. The first-order valence-corrected chi connectivity index (χ1v) is 11.3. The predicted molar refractivity (Wildman–Crippen MR) is 131 cm³/mol. The molecule has 0 fully saturated rings. The van der Waals surface area contributed by atoms with Crippen LogP contribution in [0.4, 0.5) is 0 Å². The number of benzene rings is 3. The summed E-state index contributed by atoms with van der Waals surface area (Å²) in [5.74, 6) is 1.12.